The summed E-state index contributed by atoms with van der Waals surface area (Å²) in [5.74, 6) is -1.96. The lowest BCUT2D eigenvalue weighted by Crippen LogP contribution is -2.12. The number of hydrogen-bond donors (Lipinski definition) is 3. The van der Waals surface area contributed by atoms with Crippen molar-refractivity contribution in [1.82, 2.24) is 9.97 Å². The monoisotopic (exact) mass is 308 g/mol. The Morgan fingerprint density at radius 1 is 1.48 bits per heavy atom. The van der Waals surface area contributed by atoms with Crippen molar-refractivity contribution in [3.8, 4) is 0 Å². The Morgan fingerprint density at radius 2 is 2.24 bits per heavy atom. The molecule has 2 heterocycles. The molecule has 2 aromatic rings. The van der Waals surface area contributed by atoms with Gasteiger partial charge in [-0.2, -0.15) is 0 Å². The van der Waals surface area contributed by atoms with E-state index in [9.17, 15) is 19.7 Å². The van der Waals surface area contributed by atoms with Gasteiger partial charge in [0.2, 0.25) is 0 Å². The molecule has 3 N–H and O–H groups in total. The molecule has 0 aliphatic carbocycles. The second-order valence-corrected chi connectivity index (χ2v) is 4.77. The molecule has 0 aromatic carbocycles. The van der Waals surface area contributed by atoms with Crippen molar-refractivity contribution in [3.63, 3.8) is 0 Å². The number of anilines is 1. The summed E-state index contributed by atoms with van der Waals surface area (Å²) < 4.78 is 0. The topological polar surface area (TPSA) is 138 Å². The molecule has 9 nitrogen and oxygen atoms in total. The number of nitro groups is 1. The molecule has 0 atom stereocenters. The number of carbonyl (C=O) groups excluding carboxylic acids is 1. The molecular weight excluding hydrogens is 300 g/mol. The molecule has 0 fully saturated rings. The number of H-pyrrole nitrogens is 1. The summed E-state index contributed by atoms with van der Waals surface area (Å²) in [4.78, 5) is 38.8. The van der Waals surface area contributed by atoms with E-state index >= 15 is 0 Å². The van der Waals surface area contributed by atoms with E-state index in [0.717, 1.165) is 17.4 Å². The van der Waals surface area contributed by atoms with Gasteiger partial charge in [-0.3, -0.25) is 10.1 Å². The van der Waals surface area contributed by atoms with Crippen LogP contribution in [0, 0.1) is 10.1 Å². The number of rotatable bonds is 5. The fraction of sp³-hybridized carbons (Fsp3) is 0. The molecule has 0 unspecified atom stereocenters. The minimum atomic E-state index is -1.09. The highest BCUT2D eigenvalue weighted by Crippen LogP contribution is 2.20. The van der Waals surface area contributed by atoms with Gasteiger partial charge >= 0.3 is 11.8 Å². The maximum absolute atomic E-state index is 11.8. The number of aromatic nitrogens is 2. The summed E-state index contributed by atoms with van der Waals surface area (Å²) in [6.07, 6.45) is 3.69. The molecule has 10 heteroatoms. The zero-order chi connectivity index (χ0) is 15.4. The van der Waals surface area contributed by atoms with Crippen LogP contribution in [0.4, 0.5) is 10.9 Å². The van der Waals surface area contributed by atoms with Gasteiger partial charge in [-0.25, -0.2) is 14.8 Å². The van der Waals surface area contributed by atoms with Gasteiger partial charge in [0.05, 0.1) is 0 Å². The van der Waals surface area contributed by atoms with Crippen molar-refractivity contribution < 1.29 is 19.6 Å². The van der Waals surface area contributed by atoms with Gasteiger partial charge in [-0.15, -0.1) is 0 Å². The van der Waals surface area contributed by atoms with Crippen molar-refractivity contribution in [2.24, 2.45) is 0 Å². The van der Waals surface area contributed by atoms with Crippen LogP contribution < -0.4 is 5.32 Å². The Morgan fingerprint density at radius 3 is 2.86 bits per heavy atom. The first-order valence-corrected chi connectivity index (χ1v) is 6.29. The zero-order valence-corrected chi connectivity index (χ0v) is 11.1. The van der Waals surface area contributed by atoms with Crippen LogP contribution >= 0.6 is 11.3 Å². The molecular formula is C11H8N4O5S. The second kappa shape index (κ2) is 5.96. The summed E-state index contributed by atoms with van der Waals surface area (Å²) in [5.41, 5.74) is 0.0273. The number of carboxylic acids is 1. The average Bonchev–Trinajstić information content (AvgIpc) is 3.05. The van der Waals surface area contributed by atoms with E-state index in [0.29, 0.717) is 4.88 Å². The molecule has 0 saturated heterocycles. The van der Waals surface area contributed by atoms with E-state index in [1.165, 1.54) is 24.4 Å². The molecule has 2 rings (SSSR count). The first kappa shape index (κ1) is 14.4. The summed E-state index contributed by atoms with van der Waals surface area (Å²) >= 11 is 1.07. The Hall–Kier alpha value is -3.01. The van der Waals surface area contributed by atoms with Crippen molar-refractivity contribution in [2.45, 2.75) is 0 Å². The van der Waals surface area contributed by atoms with Crippen LogP contribution in [0.3, 0.4) is 0 Å². The minimum Gasteiger partial charge on any atom is -0.478 e. The van der Waals surface area contributed by atoms with E-state index < -0.39 is 16.8 Å². The third-order valence-corrected chi connectivity index (χ3v) is 3.12. The molecule has 2 aromatic heterocycles. The van der Waals surface area contributed by atoms with E-state index in [1.807, 2.05) is 0 Å². The highest BCUT2D eigenvalue weighted by atomic mass is 32.1. The number of amides is 1. The fourth-order valence-corrected chi connectivity index (χ4v) is 2.08. The first-order valence-electron chi connectivity index (χ1n) is 5.47. The lowest BCUT2D eigenvalue weighted by atomic mass is 10.4. The number of nitrogens with zero attached hydrogens (tertiary/aromatic N) is 2. The van der Waals surface area contributed by atoms with Gasteiger partial charge in [0.1, 0.15) is 0 Å². The number of carboxylic acid groups (broad SMARTS) is 1. The van der Waals surface area contributed by atoms with Crippen LogP contribution in [0.1, 0.15) is 15.4 Å². The summed E-state index contributed by atoms with van der Waals surface area (Å²) in [5, 5.41) is 21.7. The van der Waals surface area contributed by atoms with Gasteiger partial charge in [0.25, 0.3) is 5.91 Å². The standard InChI is InChI=1S/C11H8N4O5S/c16-9(17)4-1-6-5-12-11(21-6)14-10(18)7-2-3-8(13-7)15(19)20/h1-5,13H,(H,16,17)(H,12,14,18). The molecule has 21 heavy (non-hydrogen) atoms. The number of aliphatic carboxylic acids is 1. The smallest absolute Gasteiger partial charge is 0.328 e. The quantitative estimate of drug-likeness (QED) is 0.437. The number of carbonyl (C=O) groups is 2. The van der Waals surface area contributed by atoms with Crippen LogP contribution in [0.5, 0.6) is 0 Å². The number of hydrogen-bond acceptors (Lipinski definition) is 6. The van der Waals surface area contributed by atoms with E-state index in [1.54, 1.807) is 0 Å². The Balaban J connectivity index is 2.05. The minimum absolute atomic E-state index is 0.0273. The van der Waals surface area contributed by atoms with Crippen LogP contribution in [0.25, 0.3) is 6.08 Å². The Labute approximate surface area is 121 Å². The largest absolute Gasteiger partial charge is 0.478 e. The Bertz CT molecular complexity index is 733. The average molecular weight is 308 g/mol. The van der Waals surface area contributed by atoms with Crippen LogP contribution in [0.15, 0.2) is 24.4 Å². The lowest BCUT2D eigenvalue weighted by Gasteiger charge is -1.95. The van der Waals surface area contributed by atoms with Crippen LogP contribution in [-0.2, 0) is 4.79 Å². The fourth-order valence-electron chi connectivity index (χ4n) is 1.36. The molecule has 1 amide bonds. The van der Waals surface area contributed by atoms with Crippen molar-refractivity contribution >= 4 is 40.2 Å². The predicted molar refractivity (Wildman–Crippen MR) is 74.2 cm³/mol. The highest BCUT2D eigenvalue weighted by Gasteiger charge is 2.16. The van der Waals surface area contributed by atoms with Gasteiger partial charge in [0.15, 0.2) is 10.8 Å². The van der Waals surface area contributed by atoms with Crippen molar-refractivity contribution in [2.75, 3.05) is 5.32 Å². The predicted octanol–water partition coefficient (Wildman–Crippen LogP) is 1.73. The number of nitrogens with one attached hydrogen (secondary N) is 2. The van der Waals surface area contributed by atoms with E-state index in [4.69, 9.17) is 5.11 Å². The number of aromatic amines is 1. The molecule has 0 aliphatic heterocycles. The lowest BCUT2D eigenvalue weighted by molar-refractivity contribution is -0.389. The van der Waals surface area contributed by atoms with Crippen LogP contribution in [-0.4, -0.2) is 31.9 Å². The molecule has 0 bridgehead atoms. The highest BCUT2D eigenvalue weighted by molar-refractivity contribution is 7.16. The van der Waals surface area contributed by atoms with Gasteiger partial charge < -0.3 is 15.2 Å². The Kier molecular flexibility index (Phi) is 4.09. The zero-order valence-electron chi connectivity index (χ0n) is 10.3. The molecule has 0 spiro atoms. The summed E-state index contributed by atoms with van der Waals surface area (Å²) in [7, 11) is 0. The maximum atomic E-state index is 11.8. The molecule has 0 saturated carbocycles. The van der Waals surface area contributed by atoms with E-state index in [-0.39, 0.29) is 16.6 Å². The van der Waals surface area contributed by atoms with Gasteiger partial charge in [-0.1, -0.05) is 11.3 Å². The summed E-state index contributed by atoms with van der Waals surface area (Å²) in [6, 6.07) is 2.46. The van der Waals surface area contributed by atoms with Crippen molar-refractivity contribution in [3.05, 3.63) is 45.1 Å². The molecule has 0 aliphatic rings. The van der Waals surface area contributed by atoms with Crippen LogP contribution in [0.2, 0.25) is 0 Å². The third-order valence-electron chi connectivity index (χ3n) is 2.25. The van der Waals surface area contributed by atoms with Crippen molar-refractivity contribution in [1.29, 1.82) is 0 Å². The molecule has 0 radical (unpaired) electrons. The molecule has 108 valence electrons. The SMILES string of the molecule is O=C(O)C=Cc1cnc(NC(=O)c2ccc([N+](=O)[O-])[nH]2)s1. The normalized spacial score (nSPS) is 10.7. The van der Waals surface area contributed by atoms with Gasteiger partial charge in [-0.05, 0) is 17.1 Å². The summed E-state index contributed by atoms with van der Waals surface area (Å²) in [6.45, 7) is 0. The number of thiazole rings is 1. The first-order chi connectivity index (χ1) is 9.95. The second-order valence-electron chi connectivity index (χ2n) is 3.71. The third kappa shape index (κ3) is 3.73. The van der Waals surface area contributed by atoms with Gasteiger partial charge in [0, 0.05) is 23.2 Å². The maximum Gasteiger partial charge on any atom is 0.328 e. The van der Waals surface area contributed by atoms with E-state index in [2.05, 4.69) is 15.3 Å².